The van der Waals surface area contributed by atoms with Gasteiger partial charge in [-0.05, 0) is 42.6 Å². The number of rotatable bonds is 4. The quantitative estimate of drug-likeness (QED) is 0.927. The molecule has 2 aromatic heterocycles. The van der Waals surface area contributed by atoms with Crippen LogP contribution in [0.1, 0.15) is 21.8 Å². The Morgan fingerprint density at radius 3 is 3.11 bits per heavy atom. The van der Waals surface area contributed by atoms with Gasteiger partial charge in [0.2, 0.25) is 0 Å². The number of aromatic nitrogens is 1. The molecular weight excluding hydrogens is 254 g/mol. The minimum absolute atomic E-state index is 0.836. The highest BCUT2D eigenvalue weighted by Crippen LogP contribution is 2.24. The van der Waals surface area contributed by atoms with E-state index in [1.165, 1.54) is 17.7 Å². The molecule has 0 saturated heterocycles. The summed E-state index contributed by atoms with van der Waals surface area (Å²) < 4.78 is 0. The van der Waals surface area contributed by atoms with E-state index >= 15 is 0 Å². The minimum atomic E-state index is 0.836. The third-order valence-electron chi connectivity index (χ3n) is 3.49. The SMILES string of the molecule is CNCc1cccc(CN2CCc3sccc3C2)n1. The van der Waals surface area contributed by atoms with E-state index in [-0.39, 0.29) is 0 Å². The van der Waals surface area contributed by atoms with Crippen molar-refractivity contribution in [1.29, 1.82) is 0 Å². The largest absolute Gasteiger partial charge is 0.314 e. The summed E-state index contributed by atoms with van der Waals surface area (Å²) in [6.45, 7) is 4.00. The molecule has 0 bridgehead atoms. The predicted octanol–water partition coefficient (Wildman–Crippen LogP) is 2.42. The molecule has 0 aromatic carbocycles. The summed E-state index contributed by atoms with van der Waals surface area (Å²) in [7, 11) is 1.96. The van der Waals surface area contributed by atoms with E-state index in [0.717, 1.165) is 31.9 Å². The van der Waals surface area contributed by atoms with Gasteiger partial charge in [0, 0.05) is 31.1 Å². The van der Waals surface area contributed by atoms with Gasteiger partial charge >= 0.3 is 0 Å². The summed E-state index contributed by atoms with van der Waals surface area (Å²) in [5, 5.41) is 5.36. The first-order chi connectivity index (χ1) is 9.35. The fourth-order valence-corrected chi connectivity index (χ4v) is 3.46. The summed E-state index contributed by atoms with van der Waals surface area (Å²) in [6, 6.07) is 8.57. The van der Waals surface area contributed by atoms with Crippen LogP contribution in [0.25, 0.3) is 0 Å². The van der Waals surface area contributed by atoms with Gasteiger partial charge in [0.15, 0.2) is 0 Å². The second kappa shape index (κ2) is 5.82. The molecule has 0 aliphatic carbocycles. The van der Waals surface area contributed by atoms with Gasteiger partial charge in [0.05, 0.1) is 11.4 Å². The van der Waals surface area contributed by atoms with E-state index in [0.29, 0.717) is 0 Å². The molecule has 0 amide bonds. The number of nitrogens with zero attached hydrogens (tertiary/aromatic N) is 2. The lowest BCUT2D eigenvalue weighted by molar-refractivity contribution is 0.244. The molecule has 0 radical (unpaired) electrons. The average molecular weight is 273 g/mol. The lowest BCUT2D eigenvalue weighted by Gasteiger charge is -2.26. The van der Waals surface area contributed by atoms with Crippen molar-refractivity contribution in [3.63, 3.8) is 0 Å². The molecule has 3 heterocycles. The van der Waals surface area contributed by atoms with Gasteiger partial charge in [0.25, 0.3) is 0 Å². The zero-order valence-electron chi connectivity index (χ0n) is 11.2. The third-order valence-corrected chi connectivity index (χ3v) is 4.52. The fraction of sp³-hybridized carbons (Fsp3) is 0.400. The molecule has 0 spiro atoms. The van der Waals surface area contributed by atoms with Crippen LogP contribution in [0.15, 0.2) is 29.6 Å². The Kier molecular flexibility index (Phi) is 3.92. The van der Waals surface area contributed by atoms with E-state index in [2.05, 4.69) is 39.9 Å². The van der Waals surface area contributed by atoms with Gasteiger partial charge < -0.3 is 5.32 Å². The molecule has 1 aliphatic heterocycles. The van der Waals surface area contributed by atoms with E-state index in [9.17, 15) is 0 Å². The van der Waals surface area contributed by atoms with E-state index in [4.69, 9.17) is 4.98 Å². The maximum absolute atomic E-state index is 4.70. The molecular formula is C15H19N3S. The Balaban J connectivity index is 1.67. The van der Waals surface area contributed by atoms with Gasteiger partial charge in [-0.25, -0.2) is 0 Å². The molecule has 0 saturated carbocycles. The monoisotopic (exact) mass is 273 g/mol. The van der Waals surface area contributed by atoms with Crippen LogP contribution in [0.2, 0.25) is 0 Å². The Morgan fingerprint density at radius 1 is 1.32 bits per heavy atom. The summed E-state index contributed by atoms with van der Waals surface area (Å²) in [5.74, 6) is 0. The Morgan fingerprint density at radius 2 is 2.21 bits per heavy atom. The van der Waals surface area contributed by atoms with Crippen molar-refractivity contribution in [1.82, 2.24) is 15.2 Å². The lowest BCUT2D eigenvalue weighted by atomic mass is 10.1. The zero-order valence-corrected chi connectivity index (χ0v) is 12.0. The van der Waals surface area contributed by atoms with Crippen molar-refractivity contribution in [3.05, 3.63) is 51.5 Å². The molecule has 3 nitrogen and oxygen atoms in total. The second-order valence-electron chi connectivity index (χ2n) is 4.98. The Hall–Kier alpha value is -1.23. The van der Waals surface area contributed by atoms with Crippen LogP contribution < -0.4 is 5.32 Å². The highest BCUT2D eigenvalue weighted by molar-refractivity contribution is 7.10. The van der Waals surface area contributed by atoms with Gasteiger partial charge in [-0.15, -0.1) is 11.3 Å². The molecule has 0 atom stereocenters. The third kappa shape index (κ3) is 3.03. The van der Waals surface area contributed by atoms with E-state index in [1.807, 2.05) is 18.4 Å². The summed E-state index contributed by atoms with van der Waals surface area (Å²) in [4.78, 5) is 8.75. The zero-order chi connectivity index (χ0) is 13.1. The van der Waals surface area contributed by atoms with Crippen LogP contribution >= 0.6 is 11.3 Å². The maximum atomic E-state index is 4.70. The first-order valence-corrected chi connectivity index (χ1v) is 7.60. The van der Waals surface area contributed by atoms with E-state index in [1.54, 1.807) is 4.88 Å². The van der Waals surface area contributed by atoms with Crippen LogP contribution in [0, 0.1) is 0 Å². The minimum Gasteiger partial charge on any atom is -0.314 e. The molecule has 2 aromatic rings. The number of pyridine rings is 1. The molecule has 1 N–H and O–H groups in total. The summed E-state index contributed by atoms with van der Waals surface area (Å²) in [5.41, 5.74) is 3.79. The average Bonchev–Trinajstić information content (AvgIpc) is 2.87. The molecule has 4 heteroatoms. The van der Waals surface area contributed by atoms with Crippen LogP contribution in [-0.4, -0.2) is 23.5 Å². The van der Waals surface area contributed by atoms with Crippen molar-refractivity contribution < 1.29 is 0 Å². The van der Waals surface area contributed by atoms with Crippen molar-refractivity contribution in [2.24, 2.45) is 0 Å². The molecule has 0 fully saturated rings. The maximum Gasteiger partial charge on any atom is 0.0548 e. The predicted molar refractivity (Wildman–Crippen MR) is 79.1 cm³/mol. The van der Waals surface area contributed by atoms with Crippen LogP contribution in [0.4, 0.5) is 0 Å². The standard InChI is InChI=1S/C15H19N3S/c1-16-9-13-3-2-4-14(17-13)11-18-7-5-15-12(10-18)6-8-19-15/h2-4,6,8,16H,5,7,9-11H2,1H3. The Bertz CT molecular complexity index is 550. The van der Waals surface area contributed by atoms with E-state index < -0.39 is 0 Å². The smallest absolute Gasteiger partial charge is 0.0548 e. The second-order valence-corrected chi connectivity index (χ2v) is 5.98. The molecule has 100 valence electrons. The Labute approximate surface area is 118 Å². The van der Waals surface area contributed by atoms with Crippen molar-refractivity contribution in [2.75, 3.05) is 13.6 Å². The van der Waals surface area contributed by atoms with Gasteiger partial charge in [0.1, 0.15) is 0 Å². The van der Waals surface area contributed by atoms with Crippen molar-refractivity contribution in [3.8, 4) is 0 Å². The van der Waals surface area contributed by atoms with Gasteiger partial charge in [-0.3, -0.25) is 9.88 Å². The van der Waals surface area contributed by atoms with Crippen molar-refractivity contribution >= 4 is 11.3 Å². The molecule has 19 heavy (non-hydrogen) atoms. The number of fused-ring (bicyclic) bond motifs is 1. The fourth-order valence-electron chi connectivity index (χ4n) is 2.57. The first kappa shape index (κ1) is 12.8. The number of nitrogens with one attached hydrogen (secondary N) is 1. The number of thiophene rings is 1. The molecule has 3 rings (SSSR count). The molecule has 0 unspecified atom stereocenters. The van der Waals surface area contributed by atoms with Crippen LogP contribution in [0.5, 0.6) is 0 Å². The summed E-state index contributed by atoms with van der Waals surface area (Å²) >= 11 is 1.89. The van der Waals surface area contributed by atoms with Gasteiger partial charge in [-0.1, -0.05) is 6.07 Å². The number of hydrogen-bond acceptors (Lipinski definition) is 4. The highest BCUT2D eigenvalue weighted by atomic mass is 32.1. The lowest BCUT2D eigenvalue weighted by Crippen LogP contribution is -2.29. The topological polar surface area (TPSA) is 28.2 Å². The van der Waals surface area contributed by atoms with Crippen LogP contribution in [-0.2, 0) is 26.1 Å². The van der Waals surface area contributed by atoms with Gasteiger partial charge in [-0.2, -0.15) is 0 Å². The van der Waals surface area contributed by atoms with Crippen LogP contribution in [0.3, 0.4) is 0 Å². The number of hydrogen-bond donors (Lipinski definition) is 1. The normalized spacial score (nSPS) is 15.4. The summed E-state index contributed by atoms with van der Waals surface area (Å²) in [6.07, 6.45) is 1.18. The molecule has 1 aliphatic rings. The highest BCUT2D eigenvalue weighted by Gasteiger charge is 2.17. The first-order valence-electron chi connectivity index (χ1n) is 6.72. The van der Waals surface area contributed by atoms with Crippen molar-refractivity contribution in [2.45, 2.75) is 26.1 Å².